The highest BCUT2D eigenvalue weighted by atomic mass is 15.2. The molecule has 1 aliphatic heterocycles. The summed E-state index contributed by atoms with van der Waals surface area (Å²) < 4.78 is 0. The van der Waals surface area contributed by atoms with E-state index in [2.05, 4.69) is 65.5 Å². The normalized spacial score (nSPS) is 16.8. The third kappa shape index (κ3) is 4.96. The molecular formula is C26H33N5. The third-order valence-electron chi connectivity index (χ3n) is 5.84. The molecule has 0 unspecified atom stereocenters. The second-order valence-corrected chi connectivity index (χ2v) is 9.01. The first kappa shape index (κ1) is 22.6. The summed E-state index contributed by atoms with van der Waals surface area (Å²) in [7, 11) is 0. The Morgan fingerprint density at radius 2 is 1.97 bits per heavy atom. The van der Waals surface area contributed by atoms with Gasteiger partial charge in [-0.3, -0.25) is 0 Å². The number of allylic oxidation sites excluding steroid dienone is 2. The molecule has 2 heterocycles. The van der Waals surface area contributed by atoms with Crippen LogP contribution in [0.25, 0.3) is 12.2 Å². The molecule has 1 aliphatic rings. The fourth-order valence-corrected chi connectivity index (χ4v) is 4.18. The molecule has 1 fully saturated rings. The van der Waals surface area contributed by atoms with Crippen LogP contribution in [0.2, 0.25) is 0 Å². The summed E-state index contributed by atoms with van der Waals surface area (Å²) in [6.45, 7) is 15.5. The lowest BCUT2D eigenvalue weighted by atomic mass is 9.84. The minimum atomic E-state index is 0.358. The van der Waals surface area contributed by atoms with Crippen LogP contribution in [0.1, 0.15) is 56.5 Å². The molecule has 0 atom stereocenters. The van der Waals surface area contributed by atoms with Crippen LogP contribution < -0.4 is 15.8 Å². The number of aromatic nitrogens is 2. The van der Waals surface area contributed by atoms with Crippen LogP contribution in [0.3, 0.4) is 0 Å². The zero-order valence-corrected chi connectivity index (χ0v) is 19.6. The van der Waals surface area contributed by atoms with E-state index in [1.165, 1.54) is 5.70 Å². The topological polar surface area (TPSA) is 64.8 Å². The van der Waals surface area contributed by atoms with Gasteiger partial charge in [-0.2, -0.15) is 10.4 Å². The molecule has 1 saturated heterocycles. The van der Waals surface area contributed by atoms with Gasteiger partial charge in [0.15, 0.2) is 5.82 Å². The summed E-state index contributed by atoms with van der Waals surface area (Å²) in [4.78, 5) is 2.43. The van der Waals surface area contributed by atoms with E-state index in [9.17, 15) is 5.26 Å². The monoisotopic (exact) mass is 415 g/mol. The van der Waals surface area contributed by atoms with E-state index in [1.54, 1.807) is 0 Å². The Bertz CT molecular complexity index is 1140. The number of hydrogen-bond donors (Lipinski definition) is 1. The van der Waals surface area contributed by atoms with Gasteiger partial charge in [0.05, 0.1) is 17.3 Å². The van der Waals surface area contributed by atoms with Crippen LogP contribution in [0, 0.1) is 30.6 Å². The Kier molecular flexibility index (Phi) is 6.80. The summed E-state index contributed by atoms with van der Waals surface area (Å²) in [5.41, 5.74) is 5.31. The van der Waals surface area contributed by atoms with Gasteiger partial charge in [-0.1, -0.05) is 45.1 Å². The van der Waals surface area contributed by atoms with Crippen LogP contribution in [0.4, 0.5) is 5.82 Å². The number of nitrogens with zero attached hydrogens (tertiary/aromatic N) is 4. The molecule has 1 N–H and O–H groups in total. The Hall–Kier alpha value is -3.13. The minimum Gasteiger partial charge on any atom is -0.371 e. The van der Waals surface area contributed by atoms with E-state index in [4.69, 9.17) is 0 Å². The quantitative estimate of drug-likeness (QED) is 0.778. The second-order valence-electron chi connectivity index (χ2n) is 9.01. The Morgan fingerprint density at radius 1 is 1.23 bits per heavy atom. The van der Waals surface area contributed by atoms with Crippen LogP contribution in [-0.4, -0.2) is 28.2 Å². The van der Waals surface area contributed by atoms with Crippen molar-refractivity contribution in [3.8, 4) is 6.07 Å². The van der Waals surface area contributed by atoms with E-state index >= 15 is 0 Å². The molecule has 0 saturated carbocycles. The van der Waals surface area contributed by atoms with E-state index in [0.29, 0.717) is 17.5 Å². The summed E-state index contributed by atoms with van der Waals surface area (Å²) >= 11 is 0. The lowest BCUT2D eigenvalue weighted by Gasteiger charge is -2.48. The van der Waals surface area contributed by atoms with Gasteiger partial charge in [-0.05, 0) is 55.9 Å². The first-order valence-electron chi connectivity index (χ1n) is 11.0. The van der Waals surface area contributed by atoms with Crippen molar-refractivity contribution in [3.05, 3.63) is 62.8 Å². The molecular weight excluding hydrogens is 382 g/mol. The Balaban J connectivity index is 2.02. The standard InChI is InChI=1S/C26H33N5/c1-7-10-22(31-16-26(5,6)17-31)13-24-23(8-2)19(4)29-30-25(24)28-15-21-12-9-11-20(14-27)18(21)3/h8-13H,7,15-17H2,1-6H3,(H,28,30)/b22-10-,23-8-,24-13+. The molecule has 1 aromatic heterocycles. The average molecular weight is 416 g/mol. The van der Waals surface area contributed by atoms with Crippen molar-refractivity contribution in [1.82, 2.24) is 15.1 Å². The molecule has 162 valence electrons. The second kappa shape index (κ2) is 9.34. The van der Waals surface area contributed by atoms with Crippen LogP contribution >= 0.6 is 0 Å². The van der Waals surface area contributed by atoms with Crippen molar-refractivity contribution in [2.24, 2.45) is 5.41 Å². The Morgan fingerprint density at radius 3 is 2.58 bits per heavy atom. The highest BCUT2D eigenvalue weighted by molar-refractivity contribution is 5.55. The van der Waals surface area contributed by atoms with Crippen molar-refractivity contribution in [1.29, 1.82) is 5.26 Å². The van der Waals surface area contributed by atoms with Gasteiger partial charge in [-0.15, -0.1) is 5.10 Å². The number of rotatable bonds is 6. The van der Waals surface area contributed by atoms with E-state index < -0.39 is 0 Å². The number of nitrogens with one attached hydrogen (secondary N) is 1. The van der Waals surface area contributed by atoms with Gasteiger partial charge < -0.3 is 10.2 Å². The number of anilines is 1. The number of aryl methyl sites for hydroxylation is 1. The molecule has 0 amide bonds. The maximum atomic E-state index is 9.33. The zero-order chi connectivity index (χ0) is 22.6. The highest BCUT2D eigenvalue weighted by Gasteiger charge is 2.34. The number of likely N-dealkylation sites (tertiary alicyclic amines) is 1. The summed E-state index contributed by atoms with van der Waals surface area (Å²) in [6.07, 6.45) is 7.62. The Labute approximate surface area is 185 Å². The lowest BCUT2D eigenvalue weighted by molar-refractivity contribution is 0.0698. The van der Waals surface area contributed by atoms with Gasteiger partial charge in [0.25, 0.3) is 0 Å². The molecule has 5 nitrogen and oxygen atoms in total. The molecule has 0 spiro atoms. The number of hydrogen-bond acceptors (Lipinski definition) is 5. The molecule has 0 radical (unpaired) electrons. The molecule has 0 aliphatic carbocycles. The zero-order valence-electron chi connectivity index (χ0n) is 19.6. The fraction of sp³-hybridized carbons (Fsp3) is 0.423. The van der Waals surface area contributed by atoms with Gasteiger partial charge in [-0.25, -0.2) is 0 Å². The van der Waals surface area contributed by atoms with E-state index in [-0.39, 0.29) is 0 Å². The molecule has 31 heavy (non-hydrogen) atoms. The number of benzene rings is 1. The smallest absolute Gasteiger partial charge is 0.156 e. The van der Waals surface area contributed by atoms with E-state index in [1.807, 2.05) is 39.0 Å². The van der Waals surface area contributed by atoms with Gasteiger partial charge >= 0.3 is 0 Å². The van der Waals surface area contributed by atoms with Crippen molar-refractivity contribution in [2.75, 3.05) is 18.4 Å². The first-order valence-corrected chi connectivity index (χ1v) is 11.0. The molecule has 0 bridgehead atoms. The van der Waals surface area contributed by atoms with Gasteiger partial charge in [0, 0.05) is 35.8 Å². The van der Waals surface area contributed by atoms with Gasteiger partial charge in [0.1, 0.15) is 0 Å². The van der Waals surface area contributed by atoms with Crippen LogP contribution in [0.15, 0.2) is 30.0 Å². The predicted molar refractivity (Wildman–Crippen MR) is 128 cm³/mol. The largest absolute Gasteiger partial charge is 0.371 e. The van der Waals surface area contributed by atoms with Crippen molar-refractivity contribution < 1.29 is 0 Å². The average Bonchev–Trinajstić information content (AvgIpc) is 2.72. The van der Waals surface area contributed by atoms with Crippen LogP contribution in [-0.2, 0) is 6.54 Å². The predicted octanol–water partition coefficient (Wildman–Crippen LogP) is 3.79. The fourth-order valence-electron chi connectivity index (χ4n) is 4.18. The van der Waals surface area contributed by atoms with Crippen molar-refractivity contribution >= 4 is 18.0 Å². The third-order valence-corrected chi connectivity index (χ3v) is 5.84. The van der Waals surface area contributed by atoms with Crippen molar-refractivity contribution in [2.45, 2.75) is 54.5 Å². The molecule has 1 aromatic carbocycles. The molecule has 2 aromatic rings. The summed E-state index contributed by atoms with van der Waals surface area (Å²) in [6, 6.07) is 8.09. The SMILES string of the molecule is C/C=c1/c(C)nnc(NCc2cccc(C#N)c2C)/c1=C/C(=C/CC)N1CC(C)(C)C1. The molecule has 5 heteroatoms. The van der Waals surface area contributed by atoms with Gasteiger partial charge in [0.2, 0.25) is 0 Å². The lowest BCUT2D eigenvalue weighted by Crippen LogP contribution is -2.52. The maximum Gasteiger partial charge on any atom is 0.156 e. The molecule has 3 rings (SSSR count). The summed E-state index contributed by atoms with van der Waals surface area (Å²) in [5.74, 6) is 0.766. The maximum absolute atomic E-state index is 9.33. The first-order chi connectivity index (χ1) is 14.8. The van der Waals surface area contributed by atoms with E-state index in [0.717, 1.165) is 52.6 Å². The highest BCUT2D eigenvalue weighted by Crippen LogP contribution is 2.32. The minimum absolute atomic E-state index is 0.358. The number of nitriles is 1. The summed E-state index contributed by atoms with van der Waals surface area (Å²) in [5, 5.41) is 23.9. The van der Waals surface area contributed by atoms with Crippen molar-refractivity contribution in [3.63, 3.8) is 0 Å². The van der Waals surface area contributed by atoms with Crippen LogP contribution in [0.5, 0.6) is 0 Å².